The second kappa shape index (κ2) is 5.78. The number of nitrogens with two attached hydrogens (primary N) is 1. The van der Waals surface area contributed by atoms with E-state index in [4.69, 9.17) is 26.5 Å². The lowest BCUT2D eigenvalue weighted by Gasteiger charge is -2.10. The van der Waals surface area contributed by atoms with Crippen LogP contribution in [0.4, 0.5) is 0 Å². The Morgan fingerprint density at radius 3 is 2.61 bits per heavy atom. The molecule has 5 nitrogen and oxygen atoms in total. The van der Waals surface area contributed by atoms with Crippen LogP contribution in [0, 0.1) is 0 Å². The van der Waals surface area contributed by atoms with E-state index in [1.54, 1.807) is 18.2 Å². The zero-order valence-electron chi connectivity index (χ0n) is 12.1. The van der Waals surface area contributed by atoms with Gasteiger partial charge in [-0.25, -0.2) is 4.79 Å². The van der Waals surface area contributed by atoms with Crippen LogP contribution in [-0.4, -0.2) is 13.0 Å². The van der Waals surface area contributed by atoms with Gasteiger partial charge in [0.25, 0.3) is 5.91 Å². The van der Waals surface area contributed by atoms with Crippen molar-refractivity contribution >= 4 is 28.5 Å². The predicted octanol–water partition coefficient (Wildman–Crippen LogP) is 3.22. The third-order valence-electron chi connectivity index (χ3n) is 3.49. The topological polar surface area (TPSA) is 82.5 Å². The van der Waals surface area contributed by atoms with Crippen molar-refractivity contribution in [3.05, 3.63) is 63.5 Å². The largest absolute Gasteiger partial charge is 0.496 e. The number of carbonyl (C=O) groups is 1. The molecule has 2 N–H and O–H groups in total. The Morgan fingerprint density at radius 1 is 1.17 bits per heavy atom. The van der Waals surface area contributed by atoms with E-state index >= 15 is 0 Å². The zero-order chi connectivity index (χ0) is 16.6. The number of para-hydroxylation sites is 1. The Balaban J connectivity index is 2.28. The van der Waals surface area contributed by atoms with E-state index in [1.165, 1.54) is 19.2 Å². The number of fused-ring (bicyclic) bond motifs is 1. The number of methoxy groups -OCH3 is 1. The number of hydrogen-bond acceptors (Lipinski definition) is 4. The Kier molecular flexibility index (Phi) is 3.80. The van der Waals surface area contributed by atoms with E-state index in [0.29, 0.717) is 11.1 Å². The lowest BCUT2D eigenvalue weighted by Crippen LogP contribution is -2.13. The average Bonchev–Trinajstić information content (AvgIpc) is 2.54. The fraction of sp³-hybridized carbons (Fsp3) is 0.0588. The van der Waals surface area contributed by atoms with Crippen molar-refractivity contribution in [2.75, 3.05) is 7.11 Å². The molecule has 0 fully saturated rings. The third-order valence-corrected chi connectivity index (χ3v) is 3.80. The van der Waals surface area contributed by atoms with Crippen molar-refractivity contribution < 1.29 is 13.9 Å². The first-order valence-electron chi connectivity index (χ1n) is 6.72. The van der Waals surface area contributed by atoms with E-state index < -0.39 is 11.5 Å². The summed E-state index contributed by atoms with van der Waals surface area (Å²) in [5.74, 6) is -0.426. The van der Waals surface area contributed by atoms with E-state index in [2.05, 4.69) is 0 Å². The minimum Gasteiger partial charge on any atom is -0.496 e. The van der Waals surface area contributed by atoms with Gasteiger partial charge >= 0.3 is 5.63 Å². The van der Waals surface area contributed by atoms with Crippen LogP contribution in [0.15, 0.2) is 51.7 Å². The summed E-state index contributed by atoms with van der Waals surface area (Å²) in [6, 6.07) is 11.7. The van der Waals surface area contributed by atoms with Gasteiger partial charge in [0.2, 0.25) is 0 Å². The molecule has 0 saturated carbocycles. The normalized spacial score (nSPS) is 10.7. The summed E-state index contributed by atoms with van der Waals surface area (Å²) in [7, 11) is 1.41. The average molecular weight is 330 g/mol. The van der Waals surface area contributed by atoms with Crippen LogP contribution in [0.5, 0.6) is 5.75 Å². The van der Waals surface area contributed by atoms with Crippen molar-refractivity contribution in [3.8, 4) is 16.9 Å². The molecule has 1 aromatic heterocycles. The molecule has 2 aromatic carbocycles. The molecule has 116 valence electrons. The predicted molar refractivity (Wildman–Crippen MR) is 88.0 cm³/mol. The Hall–Kier alpha value is -2.79. The van der Waals surface area contributed by atoms with Crippen LogP contribution in [-0.2, 0) is 0 Å². The maximum atomic E-state index is 12.2. The monoisotopic (exact) mass is 329 g/mol. The summed E-state index contributed by atoms with van der Waals surface area (Å²) in [6.45, 7) is 0. The van der Waals surface area contributed by atoms with E-state index in [1.807, 2.05) is 12.1 Å². The maximum absolute atomic E-state index is 12.2. The standard InChI is InChI=1S/C17H12ClNO4/c1-22-15-8-10(13(18)7-12(15)16(19)20)11-6-9-4-2-3-5-14(9)23-17(11)21/h2-8H,1H3,(H2,19,20). The number of rotatable bonds is 3. The fourth-order valence-electron chi connectivity index (χ4n) is 2.37. The summed E-state index contributed by atoms with van der Waals surface area (Å²) in [4.78, 5) is 23.7. The van der Waals surface area contributed by atoms with Gasteiger partial charge in [-0.1, -0.05) is 29.8 Å². The van der Waals surface area contributed by atoms with Gasteiger partial charge in [-0.05, 0) is 24.3 Å². The minimum atomic E-state index is -0.666. The highest BCUT2D eigenvalue weighted by atomic mass is 35.5. The zero-order valence-corrected chi connectivity index (χ0v) is 12.9. The molecule has 3 rings (SSSR count). The molecule has 0 aliphatic carbocycles. The SMILES string of the molecule is COc1cc(-c2cc3ccccc3oc2=O)c(Cl)cc1C(N)=O. The Bertz CT molecular complexity index is 978. The summed E-state index contributed by atoms with van der Waals surface area (Å²) in [5.41, 5.74) is 6.09. The number of halogens is 1. The van der Waals surface area contributed by atoms with Gasteiger partial charge in [0.05, 0.1) is 18.2 Å². The Morgan fingerprint density at radius 2 is 1.91 bits per heavy atom. The van der Waals surface area contributed by atoms with Crippen molar-refractivity contribution in [2.24, 2.45) is 5.73 Å². The van der Waals surface area contributed by atoms with Crippen molar-refractivity contribution in [1.82, 2.24) is 0 Å². The summed E-state index contributed by atoms with van der Waals surface area (Å²) in [5, 5.41) is 0.971. The van der Waals surface area contributed by atoms with Gasteiger partial charge in [0.1, 0.15) is 11.3 Å². The quantitative estimate of drug-likeness (QED) is 0.748. The number of primary amides is 1. The first-order chi connectivity index (χ1) is 11.0. The fourth-order valence-corrected chi connectivity index (χ4v) is 2.64. The molecule has 0 saturated heterocycles. The molecular weight excluding hydrogens is 318 g/mol. The second-order valence-electron chi connectivity index (χ2n) is 4.88. The van der Waals surface area contributed by atoms with Gasteiger partial charge in [-0.3, -0.25) is 4.79 Å². The van der Waals surface area contributed by atoms with Crippen LogP contribution in [0.3, 0.4) is 0 Å². The van der Waals surface area contributed by atoms with Crippen LogP contribution < -0.4 is 16.1 Å². The summed E-state index contributed by atoms with van der Waals surface area (Å²) in [6.07, 6.45) is 0. The number of carbonyl (C=O) groups excluding carboxylic acids is 1. The van der Waals surface area contributed by atoms with Crippen LogP contribution >= 0.6 is 11.6 Å². The third kappa shape index (κ3) is 2.66. The molecule has 3 aromatic rings. The van der Waals surface area contributed by atoms with Crippen molar-refractivity contribution in [3.63, 3.8) is 0 Å². The van der Waals surface area contributed by atoms with E-state index in [9.17, 15) is 9.59 Å². The highest BCUT2D eigenvalue weighted by Gasteiger charge is 2.17. The number of benzene rings is 2. The molecule has 23 heavy (non-hydrogen) atoms. The number of amides is 1. The lowest BCUT2D eigenvalue weighted by molar-refractivity contribution is 0.0997. The molecule has 1 amide bonds. The summed E-state index contributed by atoms with van der Waals surface area (Å²) < 4.78 is 10.5. The van der Waals surface area contributed by atoms with Crippen LogP contribution in [0.2, 0.25) is 5.02 Å². The van der Waals surface area contributed by atoms with Crippen molar-refractivity contribution in [2.45, 2.75) is 0 Å². The van der Waals surface area contributed by atoms with Gasteiger partial charge in [-0.2, -0.15) is 0 Å². The molecule has 0 aliphatic rings. The van der Waals surface area contributed by atoms with Gasteiger partial charge < -0.3 is 14.9 Å². The highest BCUT2D eigenvalue weighted by Crippen LogP contribution is 2.33. The minimum absolute atomic E-state index is 0.145. The molecule has 1 heterocycles. The summed E-state index contributed by atoms with van der Waals surface area (Å²) >= 11 is 6.22. The molecule has 0 spiro atoms. The molecule has 0 radical (unpaired) electrons. The maximum Gasteiger partial charge on any atom is 0.344 e. The van der Waals surface area contributed by atoms with Gasteiger partial charge in [0, 0.05) is 16.0 Å². The lowest BCUT2D eigenvalue weighted by atomic mass is 10.0. The number of hydrogen-bond donors (Lipinski definition) is 1. The molecule has 0 unspecified atom stereocenters. The van der Waals surface area contributed by atoms with Gasteiger partial charge in [-0.15, -0.1) is 0 Å². The highest BCUT2D eigenvalue weighted by molar-refractivity contribution is 6.34. The molecule has 0 bridgehead atoms. The smallest absolute Gasteiger partial charge is 0.344 e. The first-order valence-corrected chi connectivity index (χ1v) is 7.09. The molecule has 0 atom stereocenters. The molecule has 0 aliphatic heterocycles. The number of ether oxygens (including phenoxy) is 1. The van der Waals surface area contributed by atoms with Crippen LogP contribution in [0.1, 0.15) is 10.4 Å². The van der Waals surface area contributed by atoms with Crippen LogP contribution in [0.25, 0.3) is 22.1 Å². The Labute approximate surface area is 136 Å². The molecular formula is C17H12ClNO4. The first kappa shape index (κ1) is 15.1. The second-order valence-corrected chi connectivity index (χ2v) is 5.29. The van der Waals surface area contributed by atoms with Gasteiger partial charge in [0.15, 0.2) is 0 Å². The molecule has 6 heteroatoms. The van der Waals surface area contributed by atoms with E-state index in [0.717, 1.165) is 5.39 Å². The van der Waals surface area contributed by atoms with Crippen molar-refractivity contribution in [1.29, 1.82) is 0 Å². The van der Waals surface area contributed by atoms with E-state index in [-0.39, 0.29) is 21.9 Å².